The second-order valence-electron chi connectivity index (χ2n) is 7.45. The zero-order valence-corrected chi connectivity index (χ0v) is 15.6. The molecule has 1 unspecified atom stereocenters. The van der Waals surface area contributed by atoms with Crippen LogP contribution in [-0.2, 0) is 13.1 Å². The average Bonchev–Trinajstić information content (AvgIpc) is 3.03. The summed E-state index contributed by atoms with van der Waals surface area (Å²) in [6, 6.07) is 15.6. The summed E-state index contributed by atoms with van der Waals surface area (Å²) >= 11 is 0. The molecule has 0 radical (unpaired) electrons. The van der Waals surface area contributed by atoms with Crippen molar-refractivity contribution in [2.24, 2.45) is 0 Å². The Balaban J connectivity index is 1.36. The lowest BCUT2D eigenvalue weighted by molar-refractivity contribution is 0.204. The highest BCUT2D eigenvalue weighted by Crippen LogP contribution is 2.22. The lowest BCUT2D eigenvalue weighted by Gasteiger charge is -2.27. The number of fused-ring (bicyclic) bond motifs is 1. The second kappa shape index (κ2) is 8.02. The predicted molar refractivity (Wildman–Crippen MR) is 107 cm³/mol. The monoisotopic (exact) mass is 348 g/mol. The van der Waals surface area contributed by atoms with Crippen LogP contribution in [0.5, 0.6) is 0 Å². The van der Waals surface area contributed by atoms with Crippen molar-refractivity contribution in [2.75, 3.05) is 20.1 Å². The van der Waals surface area contributed by atoms with Crippen molar-refractivity contribution in [3.05, 3.63) is 66.1 Å². The van der Waals surface area contributed by atoms with Gasteiger partial charge in [0, 0.05) is 42.4 Å². The van der Waals surface area contributed by atoms with E-state index in [0.717, 1.165) is 25.3 Å². The second-order valence-corrected chi connectivity index (χ2v) is 7.45. The first-order valence-corrected chi connectivity index (χ1v) is 9.67. The van der Waals surface area contributed by atoms with Crippen LogP contribution in [0.4, 0.5) is 0 Å². The van der Waals surface area contributed by atoms with Gasteiger partial charge in [0.05, 0.1) is 5.69 Å². The predicted octanol–water partition coefficient (Wildman–Crippen LogP) is 4.05. The molecule has 4 heteroatoms. The molecule has 1 saturated heterocycles. The Bertz CT molecular complexity index is 826. The summed E-state index contributed by atoms with van der Waals surface area (Å²) in [5.74, 6) is 0. The molecule has 136 valence electrons. The van der Waals surface area contributed by atoms with Crippen LogP contribution in [0.3, 0.4) is 0 Å². The Labute approximate surface area is 155 Å². The van der Waals surface area contributed by atoms with Gasteiger partial charge in [0.1, 0.15) is 0 Å². The van der Waals surface area contributed by atoms with Crippen LogP contribution >= 0.6 is 0 Å². The summed E-state index contributed by atoms with van der Waals surface area (Å²) in [5.41, 5.74) is 3.84. The number of rotatable bonds is 5. The molecule has 4 rings (SSSR count). The molecular weight excluding hydrogens is 320 g/mol. The summed E-state index contributed by atoms with van der Waals surface area (Å²) in [7, 11) is 2.25. The van der Waals surface area contributed by atoms with Crippen LogP contribution in [0.1, 0.15) is 30.5 Å². The highest BCUT2D eigenvalue weighted by atomic mass is 15.2. The van der Waals surface area contributed by atoms with Gasteiger partial charge < -0.3 is 4.98 Å². The highest BCUT2D eigenvalue weighted by molar-refractivity contribution is 5.82. The molecule has 0 aliphatic carbocycles. The van der Waals surface area contributed by atoms with Gasteiger partial charge in [0.2, 0.25) is 0 Å². The third-order valence-corrected chi connectivity index (χ3v) is 5.63. The van der Waals surface area contributed by atoms with E-state index in [9.17, 15) is 0 Å². The molecule has 0 amide bonds. The van der Waals surface area contributed by atoms with E-state index < -0.39 is 0 Å². The molecule has 2 aromatic heterocycles. The van der Waals surface area contributed by atoms with Gasteiger partial charge in [-0.05, 0) is 69.2 Å². The minimum atomic E-state index is 0.644. The third-order valence-electron chi connectivity index (χ3n) is 5.63. The number of pyridine rings is 1. The molecule has 1 atom stereocenters. The van der Waals surface area contributed by atoms with Gasteiger partial charge >= 0.3 is 0 Å². The fraction of sp³-hybridized carbons (Fsp3) is 0.409. The van der Waals surface area contributed by atoms with Crippen LogP contribution in [-0.4, -0.2) is 45.9 Å². The Morgan fingerprint density at radius 2 is 2.08 bits per heavy atom. The van der Waals surface area contributed by atoms with Gasteiger partial charge in [-0.3, -0.25) is 14.8 Å². The van der Waals surface area contributed by atoms with Crippen molar-refractivity contribution in [1.82, 2.24) is 19.8 Å². The maximum Gasteiger partial charge on any atom is 0.0543 e. The molecule has 1 fully saturated rings. The maximum atomic E-state index is 4.48. The van der Waals surface area contributed by atoms with Crippen molar-refractivity contribution < 1.29 is 0 Å². The number of hydrogen-bond donors (Lipinski definition) is 1. The van der Waals surface area contributed by atoms with Crippen molar-refractivity contribution in [1.29, 1.82) is 0 Å². The van der Waals surface area contributed by atoms with Gasteiger partial charge in [-0.1, -0.05) is 18.2 Å². The largest absolute Gasteiger partial charge is 0.361 e. The minimum absolute atomic E-state index is 0.644. The lowest BCUT2D eigenvalue weighted by atomic mass is 10.1. The zero-order chi connectivity index (χ0) is 17.8. The number of nitrogens with one attached hydrogen (secondary N) is 1. The summed E-state index contributed by atoms with van der Waals surface area (Å²) in [6.45, 7) is 4.34. The Morgan fingerprint density at radius 1 is 1.12 bits per heavy atom. The molecule has 1 aliphatic heterocycles. The summed E-state index contributed by atoms with van der Waals surface area (Å²) < 4.78 is 0. The molecule has 0 saturated carbocycles. The average molecular weight is 348 g/mol. The first-order valence-electron chi connectivity index (χ1n) is 9.67. The van der Waals surface area contributed by atoms with E-state index >= 15 is 0 Å². The van der Waals surface area contributed by atoms with E-state index in [0.29, 0.717) is 6.04 Å². The fourth-order valence-electron chi connectivity index (χ4n) is 4.14. The van der Waals surface area contributed by atoms with Gasteiger partial charge in [-0.15, -0.1) is 0 Å². The highest BCUT2D eigenvalue weighted by Gasteiger charge is 2.21. The standard InChI is InChI=1S/C22H28N4/c1-25(17-19-7-2-3-12-23-19)20-8-5-14-26(15-11-20)16-18-6-4-9-22-21(18)10-13-24-22/h2-4,6-7,9-10,12-13,20,24H,5,8,11,14-17H2,1H3. The number of likely N-dealkylation sites (tertiary alicyclic amines) is 1. The normalized spacial score (nSPS) is 19.1. The molecule has 0 spiro atoms. The van der Waals surface area contributed by atoms with Crippen molar-refractivity contribution >= 4 is 10.9 Å². The lowest BCUT2D eigenvalue weighted by Crippen LogP contribution is -2.32. The maximum absolute atomic E-state index is 4.48. The topological polar surface area (TPSA) is 35.2 Å². The number of hydrogen-bond acceptors (Lipinski definition) is 3. The Kier molecular flexibility index (Phi) is 5.32. The van der Waals surface area contributed by atoms with Crippen LogP contribution in [0.25, 0.3) is 10.9 Å². The number of aromatic nitrogens is 2. The van der Waals surface area contributed by atoms with Crippen molar-refractivity contribution in [2.45, 2.75) is 38.4 Å². The van der Waals surface area contributed by atoms with Crippen LogP contribution < -0.4 is 0 Å². The Hall–Kier alpha value is -2.17. The molecule has 1 N–H and O–H groups in total. The third kappa shape index (κ3) is 3.97. The smallest absolute Gasteiger partial charge is 0.0543 e. The van der Waals surface area contributed by atoms with E-state index in [1.807, 2.05) is 18.5 Å². The quantitative estimate of drug-likeness (QED) is 0.755. The van der Waals surface area contributed by atoms with E-state index in [2.05, 4.69) is 63.2 Å². The first kappa shape index (κ1) is 17.3. The van der Waals surface area contributed by atoms with Crippen molar-refractivity contribution in [3.63, 3.8) is 0 Å². The SMILES string of the molecule is CN(Cc1ccccn1)C1CCCN(Cc2cccc3[nH]ccc23)CC1. The molecular formula is C22H28N4. The number of aromatic amines is 1. The van der Waals surface area contributed by atoms with Gasteiger partial charge in [0.15, 0.2) is 0 Å². The zero-order valence-electron chi connectivity index (χ0n) is 15.6. The molecule has 26 heavy (non-hydrogen) atoms. The van der Waals surface area contributed by atoms with Gasteiger partial charge in [-0.25, -0.2) is 0 Å². The molecule has 0 bridgehead atoms. The molecule has 3 aromatic rings. The number of nitrogens with zero attached hydrogens (tertiary/aromatic N) is 3. The summed E-state index contributed by atoms with van der Waals surface area (Å²) in [5, 5.41) is 1.36. The van der Waals surface area contributed by atoms with E-state index in [1.165, 1.54) is 42.3 Å². The Morgan fingerprint density at radius 3 is 2.96 bits per heavy atom. The molecule has 1 aromatic carbocycles. The number of H-pyrrole nitrogens is 1. The van der Waals surface area contributed by atoms with Gasteiger partial charge in [-0.2, -0.15) is 0 Å². The van der Waals surface area contributed by atoms with Crippen LogP contribution in [0.15, 0.2) is 54.9 Å². The van der Waals surface area contributed by atoms with E-state index in [4.69, 9.17) is 0 Å². The summed E-state index contributed by atoms with van der Waals surface area (Å²) in [6.07, 6.45) is 7.69. The fourth-order valence-corrected chi connectivity index (χ4v) is 4.14. The molecule has 4 nitrogen and oxygen atoms in total. The minimum Gasteiger partial charge on any atom is -0.361 e. The van der Waals surface area contributed by atoms with Crippen molar-refractivity contribution in [3.8, 4) is 0 Å². The van der Waals surface area contributed by atoms with Crippen LogP contribution in [0, 0.1) is 0 Å². The summed E-state index contributed by atoms with van der Waals surface area (Å²) in [4.78, 5) is 12.9. The van der Waals surface area contributed by atoms with Crippen LogP contribution in [0.2, 0.25) is 0 Å². The van der Waals surface area contributed by atoms with E-state index in [1.54, 1.807) is 0 Å². The van der Waals surface area contributed by atoms with E-state index in [-0.39, 0.29) is 0 Å². The molecule has 1 aliphatic rings. The van der Waals surface area contributed by atoms with Gasteiger partial charge in [0.25, 0.3) is 0 Å². The molecule has 3 heterocycles. The number of benzene rings is 1. The first-order chi connectivity index (χ1) is 12.8.